The lowest BCUT2D eigenvalue weighted by atomic mass is 10.1. The molecule has 1 aliphatic heterocycles. The Hall–Kier alpha value is -2.81. The fourth-order valence-electron chi connectivity index (χ4n) is 2.76. The van der Waals surface area contributed by atoms with Crippen LogP contribution in [0.4, 0.5) is 5.82 Å². The Morgan fingerprint density at radius 1 is 1.19 bits per heavy atom. The summed E-state index contributed by atoms with van der Waals surface area (Å²) in [7, 11) is 0. The molecule has 8 nitrogen and oxygen atoms in total. The number of carbonyl (C=O) groups excluding carboxylic acids is 1. The third-order valence-corrected chi connectivity index (χ3v) is 5.18. The molecule has 1 amide bonds. The minimum Gasteiger partial charge on any atom is -0.486 e. The van der Waals surface area contributed by atoms with Crippen LogP contribution in [0, 0.1) is 6.92 Å². The third-order valence-electron chi connectivity index (χ3n) is 4.15. The van der Waals surface area contributed by atoms with Crippen LogP contribution in [0.1, 0.15) is 18.2 Å². The predicted octanol–water partition coefficient (Wildman–Crippen LogP) is 2.99. The van der Waals surface area contributed by atoms with Gasteiger partial charge in [0.25, 0.3) is 0 Å². The largest absolute Gasteiger partial charge is 0.486 e. The van der Waals surface area contributed by atoms with Crippen LogP contribution >= 0.6 is 11.8 Å². The van der Waals surface area contributed by atoms with E-state index in [1.165, 1.54) is 11.8 Å². The van der Waals surface area contributed by atoms with Gasteiger partial charge in [-0.2, -0.15) is 0 Å². The highest BCUT2D eigenvalue weighted by Gasteiger charge is 2.16. The van der Waals surface area contributed by atoms with Gasteiger partial charge >= 0.3 is 0 Å². The molecule has 27 heavy (non-hydrogen) atoms. The molecule has 2 aromatic heterocycles. The minimum atomic E-state index is -0.190. The molecule has 0 radical (unpaired) electrons. The predicted molar refractivity (Wildman–Crippen MR) is 100 cm³/mol. The van der Waals surface area contributed by atoms with Crippen molar-refractivity contribution in [1.82, 2.24) is 15.3 Å². The molecule has 3 heterocycles. The number of amides is 1. The Balaban J connectivity index is 1.55. The summed E-state index contributed by atoms with van der Waals surface area (Å²) in [6.07, 6.45) is 0.813. The number of thioether (sulfide) groups is 1. The lowest BCUT2D eigenvalue weighted by Gasteiger charge is -2.19. The van der Waals surface area contributed by atoms with Gasteiger partial charge in [-0.1, -0.05) is 23.8 Å². The lowest BCUT2D eigenvalue weighted by molar-refractivity contribution is -0.113. The van der Waals surface area contributed by atoms with Gasteiger partial charge in [-0.25, -0.2) is 9.61 Å². The van der Waals surface area contributed by atoms with E-state index in [1.54, 1.807) is 6.92 Å². The molecule has 0 fully saturated rings. The fraction of sp³-hybridized carbons (Fsp3) is 0.333. The zero-order valence-electron chi connectivity index (χ0n) is 14.9. The summed E-state index contributed by atoms with van der Waals surface area (Å²) in [6, 6.07) is 5.93. The first kappa shape index (κ1) is 17.6. The summed E-state index contributed by atoms with van der Waals surface area (Å²) in [4.78, 5) is 16.9. The number of fused-ring (bicyclic) bond motifs is 2. The van der Waals surface area contributed by atoms with Crippen LogP contribution < -0.4 is 14.8 Å². The van der Waals surface area contributed by atoms with Crippen molar-refractivity contribution in [3.8, 4) is 11.5 Å². The molecule has 0 spiro atoms. The topological polar surface area (TPSA) is 99.4 Å². The normalized spacial score (nSPS) is 13.0. The second-order valence-electron chi connectivity index (χ2n) is 6.03. The number of anilines is 1. The molecule has 0 bridgehead atoms. The Morgan fingerprint density at radius 2 is 1.96 bits per heavy atom. The van der Waals surface area contributed by atoms with Gasteiger partial charge in [0.15, 0.2) is 17.3 Å². The quantitative estimate of drug-likeness (QED) is 0.668. The highest BCUT2D eigenvalue weighted by molar-refractivity contribution is 8.00. The maximum absolute atomic E-state index is 12.2. The number of pyridine rings is 1. The summed E-state index contributed by atoms with van der Waals surface area (Å²) in [5, 5.41) is 11.8. The van der Waals surface area contributed by atoms with E-state index in [4.69, 9.17) is 14.5 Å². The van der Waals surface area contributed by atoms with Crippen LogP contribution in [0.25, 0.3) is 10.9 Å². The molecule has 0 saturated heterocycles. The van der Waals surface area contributed by atoms with Gasteiger partial charge in [0, 0.05) is 11.5 Å². The van der Waals surface area contributed by atoms with E-state index < -0.39 is 0 Å². The Morgan fingerprint density at radius 3 is 2.67 bits per heavy atom. The van der Waals surface area contributed by atoms with Crippen molar-refractivity contribution in [3.05, 3.63) is 29.5 Å². The SMILES string of the molecule is CCc1cc2cc3c(cc2nc1SCC(=O)Nc1nonc1C)OCCO3. The number of carbonyl (C=O) groups is 1. The number of benzene rings is 1. The average molecular weight is 386 g/mol. The van der Waals surface area contributed by atoms with Crippen molar-refractivity contribution in [1.29, 1.82) is 0 Å². The second kappa shape index (κ2) is 7.43. The zero-order chi connectivity index (χ0) is 18.8. The standard InChI is InChI=1S/C18H18N4O4S/c1-3-11-6-12-7-14-15(25-5-4-24-14)8-13(12)19-18(11)27-9-16(23)20-17-10(2)21-26-22-17/h6-8H,3-5,9H2,1-2H3,(H,20,22,23). The van der Waals surface area contributed by atoms with E-state index in [1.807, 2.05) is 12.1 Å². The number of hydrogen-bond acceptors (Lipinski definition) is 8. The molecular formula is C18H18N4O4S. The number of aromatic nitrogens is 3. The Labute approximate surface area is 159 Å². The van der Waals surface area contributed by atoms with Crippen LogP contribution in [0.5, 0.6) is 11.5 Å². The van der Waals surface area contributed by atoms with Crippen LogP contribution in [0.15, 0.2) is 27.9 Å². The molecule has 1 N–H and O–H groups in total. The van der Waals surface area contributed by atoms with Gasteiger partial charge in [-0.3, -0.25) is 4.79 Å². The van der Waals surface area contributed by atoms with Crippen LogP contribution in [-0.4, -0.2) is 40.2 Å². The molecule has 1 aromatic carbocycles. The number of aryl methyl sites for hydroxylation is 2. The van der Waals surface area contributed by atoms with Gasteiger partial charge in [0.05, 0.1) is 11.3 Å². The molecule has 0 unspecified atom stereocenters. The summed E-state index contributed by atoms with van der Waals surface area (Å²) in [5.41, 5.74) is 2.44. The van der Waals surface area contributed by atoms with Gasteiger partial charge in [-0.05, 0) is 36.2 Å². The summed E-state index contributed by atoms with van der Waals surface area (Å²) in [5.74, 6) is 1.81. The second-order valence-corrected chi connectivity index (χ2v) is 6.99. The van der Waals surface area contributed by atoms with Crippen molar-refractivity contribution in [2.45, 2.75) is 25.3 Å². The third kappa shape index (κ3) is 3.68. The van der Waals surface area contributed by atoms with Crippen molar-refractivity contribution in [3.63, 3.8) is 0 Å². The molecule has 3 aromatic rings. The van der Waals surface area contributed by atoms with E-state index in [9.17, 15) is 4.79 Å². The first-order valence-electron chi connectivity index (χ1n) is 8.59. The Bertz CT molecular complexity index is 1000. The van der Waals surface area contributed by atoms with E-state index in [0.717, 1.165) is 33.7 Å². The van der Waals surface area contributed by atoms with E-state index in [0.29, 0.717) is 30.5 Å². The van der Waals surface area contributed by atoms with Crippen molar-refractivity contribution < 1.29 is 18.9 Å². The first-order valence-corrected chi connectivity index (χ1v) is 9.57. The van der Waals surface area contributed by atoms with Crippen molar-refractivity contribution in [2.24, 2.45) is 0 Å². The number of nitrogens with one attached hydrogen (secondary N) is 1. The van der Waals surface area contributed by atoms with Crippen molar-refractivity contribution in [2.75, 3.05) is 24.3 Å². The smallest absolute Gasteiger partial charge is 0.236 e. The minimum absolute atomic E-state index is 0.190. The molecule has 0 atom stereocenters. The molecule has 4 rings (SSSR count). The Kier molecular flexibility index (Phi) is 4.85. The number of nitrogens with zero attached hydrogens (tertiary/aromatic N) is 3. The van der Waals surface area contributed by atoms with Crippen molar-refractivity contribution >= 4 is 34.4 Å². The molecule has 140 valence electrons. The molecule has 9 heteroatoms. The molecule has 0 aliphatic carbocycles. The number of hydrogen-bond donors (Lipinski definition) is 1. The van der Waals surface area contributed by atoms with Crippen LogP contribution in [-0.2, 0) is 11.2 Å². The summed E-state index contributed by atoms with van der Waals surface area (Å²) < 4.78 is 15.9. The highest BCUT2D eigenvalue weighted by Crippen LogP contribution is 2.36. The summed E-state index contributed by atoms with van der Waals surface area (Å²) >= 11 is 1.39. The highest BCUT2D eigenvalue weighted by atomic mass is 32.2. The lowest BCUT2D eigenvalue weighted by Crippen LogP contribution is -2.15. The van der Waals surface area contributed by atoms with Gasteiger partial charge in [0.1, 0.15) is 23.9 Å². The molecular weight excluding hydrogens is 368 g/mol. The monoisotopic (exact) mass is 386 g/mol. The van der Waals surface area contributed by atoms with Gasteiger partial charge in [0.2, 0.25) is 5.91 Å². The number of ether oxygens (including phenoxy) is 2. The maximum Gasteiger partial charge on any atom is 0.236 e. The van der Waals surface area contributed by atoms with Crippen LogP contribution in [0.3, 0.4) is 0 Å². The first-order chi connectivity index (χ1) is 13.1. The maximum atomic E-state index is 12.2. The van der Waals surface area contributed by atoms with E-state index in [2.05, 4.69) is 33.2 Å². The van der Waals surface area contributed by atoms with Crippen LogP contribution in [0.2, 0.25) is 0 Å². The molecule has 0 saturated carbocycles. The molecule has 1 aliphatic rings. The summed E-state index contributed by atoms with van der Waals surface area (Å²) in [6.45, 7) is 4.86. The average Bonchev–Trinajstić information content (AvgIpc) is 3.08. The van der Waals surface area contributed by atoms with E-state index in [-0.39, 0.29) is 11.7 Å². The fourth-order valence-corrected chi connectivity index (χ4v) is 3.65. The van der Waals surface area contributed by atoms with Gasteiger partial charge < -0.3 is 14.8 Å². The van der Waals surface area contributed by atoms with E-state index >= 15 is 0 Å². The van der Waals surface area contributed by atoms with Gasteiger partial charge in [-0.15, -0.1) is 0 Å². The number of rotatable bonds is 5. The zero-order valence-corrected chi connectivity index (χ0v) is 15.8.